The predicted octanol–water partition coefficient (Wildman–Crippen LogP) is 18.1. The molecule has 5 heteroatoms. The molecule has 380 valence electrons. The van der Waals surface area contributed by atoms with E-state index in [-0.39, 0.29) is 39.3 Å². The van der Waals surface area contributed by atoms with Gasteiger partial charge in [-0.25, -0.2) is 0 Å². The molecule has 1 aromatic heterocycles. The minimum Gasteiger partial charge on any atom is -0.334 e. The monoisotopic (exact) mass is 1010 g/mol. The molecule has 9 aromatic rings. The highest BCUT2D eigenvalue weighted by atomic mass is 32.1. The lowest BCUT2D eigenvalue weighted by molar-refractivity contribution is 0.195. The maximum atomic E-state index is 2.85. The Morgan fingerprint density at radius 3 is 1.67 bits per heavy atom. The Morgan fingerprint density at radius 2 is 1.00 bits per heavy atom. The van der Waals surface area contributed by atoms with Gasteiger partial charge in [-0.1, -0.05) is 199 Å². The van der Waals surface area contributed by atoms with Crippen molar-refractivity contribution < 1.29 is 0 Å². The zero-order chi connectivity index (χ0) is 52.8. The first-order valence-electron chi connectivity index (χ1n) is 28.3. The highest BCUT2D eigenvalue weighted by Crippen LogP contribution is 2.63. The van der Waals surface area contributed by atoms with Gasteiger partial charge in [0.1, 0.15) is 0 Å². The molecule has 2 unspecified atom stereocenters. The summed E-state index contributed by atoms with van der Waals surface area (Å²) in [6.45, 7) is 31.4. The highest BCUT2D eigenvalue weighted by Gasteiger charge is 2.58. The normalized spacial score (nSPS) is 20.1. The number of anilines is 8. The quantitative estimate of drug-likeness (QED) is 0.163. The minimum atomic E-state index is -0.162. The summed E-state index contributed by atoms with van der Waals surface area (Å²) in [6, 6.07) is 60.4. The van der Waals surface area contributed by atoms with Crippen molar-refractivity contribution in [2.24, 2.45) is 0 Å². The van der Waals surface area contributed by atoms with Crippen LogP contribution in [0.1, 0.15) is 149 Å². The molecule has 1 fully saturated rings. The van der Waals surface area contributed by atoms with Crippen LogP contribution >= 0.6 is 11.3 Å². The number of rotatable bonds is 3. The van der Waals surface area contributed by atoms with Crippen LogP contribution in [-0.4, -0.2) is 12.3 Å². The summed E-state index contributed by atoms with van der Waals surface area (Å²) in [6.07, 6.45) is 4.76. The van der Waals surface area contributed by atoms with Crippen LogP contribution in [0.5, 0.6) is 0 Å². The Kier molecular flexibility index (Phi) is 9.94. The third-order valence-electron chi connectivity index (χ3n) is 19.5. The molecule has 2 aliphatic carbocycles. The van der Waals surface area contributed by atoms with Crippen molar-refractivity contribution in [3.8, 4) is 11.1 Å². The first-order valence-corrected chi connectivity index (χ1v) is 29.1. The van der Waals surface area contributed by atoms with E-state index in [0.29, 0.717) is 0 Å². The smallest absolute Gasteiger partial charge is 0.252 e. The Balaban J connectivity index is 1.15. The van der Waals surface area contributed by atoms with E-state index < -0.39 is 0 Å². The second kappa shape index (κ2) is 15.8. The molecular weight excluding hydrogens is 938 g/mol. The van der Waals surface area contributed by atoms with Crippen LogP contribution in [0.15, 0.2) is 152 Å². The van der Waals surface area contributed by atoms with Crippen LogP contribution in [0.3, 0.4) is 0 Å². The lowest BCUT2D eigenvalue weighted by atomic mass is 9.33. The fourth-order valence-corrected chi connectivity index (χ4v) is 16.2. The van der Waals surface area contributed by atoms with Gasteiger partial charge in [-0.15, -0.1) is 11.3 Å². The van der Waals surface area contributed by atoms with Crippen molar-refractivity contribution in [3.63, 3.8) is 0 Å². The van der Waals surface area contributed by atoms with Crippen molar-refractivity contribution in [2.75, 3.05) is 14.7 Å². The molecule has 3 nitrogen and oxygen atoms in total. The molecule has 0 saturated heterocycles. The average Bonchev–Trinajstić information content (AvgIpc) is 3.94. The zero-order valence-corrected chi connectivity index (χ0v) is 47.9. The maximum absolute atomic E-state index is 2.85. The van der Waals surface area contributed by atoms with E-state index in [4.69, 9.17) is 0 Å². The van der Waals surface area contributed by atoms with Gasteiger partial charge in [0.05, 0.1) is 21.6 Å². The van der Waals surface area contributed by atoms with Gasteiger partial charge in [-0.05, 0) is 140 Å². The average molecular weight is 1010 g/mol. The first-order chi connectivity index (χ1) is 36.1. The van der Waals surface area contributed by atoms with Gasteiger partial charge < -0.3 is 14.7 Å². The molecule has 3 aliphatic heterocycles. The van der Waals surface area contributed by atoms with E-state index in [1.54, 1.807) is 0 Å². The number of thiophene rings is 1. The second-order valence-electron chi connectivity index (χ2n) is 27.3. The Hall–Kier alpha value is -6.56. The van der Waals surface area contributed by atoms with Crippen LogP contribution in [0, 0.1) is 0 Å². The lowest BCUT2D eigenvalue weighted by Crippen LogP contribution is -2.62. The molecule has 1 saturated carbocycles. The van der Waals surface area contributed by atoms with Gasteiger partial charge in [-0.2, -0.15) is 0 Å². The molecule has 76 heavy (non-hydrogen) atoms. The van der Waals surface area contributed by atoms with Crippen molar-refractivity contribution in [2.45, 2.75) is 148 Å². The molecule has 0 amide bonds. The lowest BCUT2D eigenvalue weighted by Gasteiger charge is -2.51. The van der Waals surface area contributed by atoms with E-state index in [9.17, 15) is 0 Å². The SMILES string of the molecule is CC(C)(C)c1ccc2c(c1)B1c3cc(C(C)(C)C)ccc3N(c3cccc4c3sc3ccccc34)c3cc(N4c5ccc(C(C)(C)C)cc5C5(C)CCCCC45C)cc(c31)N2c1cccc2c1-c1ccccc1C2(C)C. The van der Waals surface area contributed by atoms with E-state index in [1.807, 2.05) is 11.3 Å². The fraction of sp³-hybridized carbons (Fsp3) is 0.324. The first kappa shape index (κ1) is 47.9. The third kappa shape index (κ3) is 6.48. The van der Waals surface area contributed by atoms with Gasteiger partial charge in [0, 0.05) is 66.0 Å². The summed E-state index contributed by atoms with van der Waals surface area (Å²) in [4.78, 5) is 8.29. The summed E-state index contributed by atoms with van der Waals surface area (Å²) < 4.78 is 2.64. The van der Waals surface area contributed by atoms with Crippen molar-refractivity contribution in [3.05, 3.63) is 185 Å². The standard InChI is InChI=1S/C71H72BN3S/c1-66(2,3)43-30-33-55-52(38-43)70(12)36-18-19-37-71(70,13)75(55)46-41-60-64-61(42-46)74(59-28-20-24-48-47-22-15-17-29-62(47)76-65(48)59)57-35-32-45(68(7,8)9)40-54(57)72(64)53-39-44(67(4,5)6)31-34-56(53)73(60)58-27-21-26-51-63(58)49-23-14-16-25-50(49)69(51,10)11/h14-17,20-35,38-42H,18-19,36-37H2,1-13H3. The molecule has 8 aromatic carbocycles. The van der Waals surface area contributed by atoms with E-state index in [1.165, 1.54) is 146 Å². The van der Waals surface area contributed by atoms with Gasteiger partial charge in [0.15, 0.2) is 0 Å². The van der Waals surface area contributed by atoms with Gasteiger partial charge in [0.25, 0.3) is 6.71 Å². The number of fused-ring (bicyclic) bond motifs is 13. The zero-order valence-electron chi connectivity index (χ0n) is 47.1. The van der Waals surface area contributed by atoms with Crippen molar-refractivity contribution in [1.82, 2.24) is 0 Å². The highest BCUT2D eigenvalue weighted by molar-refractivity contribution is 7.26. The van der Waals surface area contributed by atoms with Gasteiger partial charge >= 0.3 is 0 Å². The van der Waals surface area contributed by atoms with Crippen LogP contribution < -0.4 is 31.1 Å². The summed E-state index contributed by atoms with van der Waals surface area (Å²) in [5, 5.41) is 2.64. The topological polar surface area (TPSA) is 9.72 Å². The molecular formula is C71H72BN3S. The van der Waals surface area contributed by atoms with Gasteiger partial charge in [-0.3, -0.25) is 0 Å². The van der Waals surface area contributed by atoms with Crippen LogP contribution in [-0.2, 0) is 27.1 Å². The maximum Gasteiger partial charge on any atom is 0.252 e. The Bertz CT molecular complexity index is 3950. The Labute approximate surface area is 456 Å². The fourth-order valence-electron chi connectivity index (χ4n) is 15.0. The number of nitrogens with zero attached hydrogens (tertiary/aromatic N) is 3. The molecule has 0 bridgehead atoms. The molecule has 2 atom stereocenters. The predicted molar refractivity (Wildman–Crippen MR) is 330 cm³/mol. The molecule has 0 radical (unpaired) electrons. The minimum absolute atomic E-state index is 0.0287. The second-order valence-corrected chi connectivity index (χ2v) is 28.4. The van der Waals surface area contributed by atoms with E-state index >= 15 is 0 Å². The summed E-state index contributed by atoms with van der Waals surface area (Å²) in [5.41, 5.74) is 25.0. The number of hydrogen-bond acceptors (Lipinski definition) is 4. The Morgan fingerprint density at radius 1 is 0.461 bits per heavy atom. The largest absolute Gasteiger partial charge is 0.334 e. The molecule has 14 rings (SSSR count). The molecule has 4 heterocycles. The molecule has 0 spiro atoms. The summed E-state index contributed by atoms with van der Waals surface area (Å²) in [5.74, 6) is 0. The third-order valence-corrected chi connectivity index (χ3v) is 20.7. The van der Waals surface area contributed by atoms with Gasteiger partial charge in [0.2, 0.25) is 0 Å². The van der Waals surface area contributed by atoms with Crippen LogP contribution in [0.25, 0.3) is 31.3 Å². The summed E-state index contributed by atoms with van der Waals surface area (Å²) >= 11 is 1.94. The molecule has 0 N–H and O–H groups in total. The van der Waals surface area contributed by atoms with Crippen LogP contribution in [0.4, 0.5) is 45.5 Å². The van der Waals surface area contributed by atoms with Crippen LogP contribution in [0.2, 0.25) is 0 Å². The van der Waals surface area contributed by atoms with E-state index in [2.05, 4.69) is 256 Å². The summed E-state index contributed by atoms with van der Waals surface area (Å²) in [7, 11) is 0. The molecule has 5 aliphatic rings. The van der Waals surface area contributed by atoms with Crippen molar-refractivity contribution in [1.29, 1.82) is 0 Å². The number of benzene rings is 8. The van der Waals surface area contributed by atoms with Crippen molar-refractivity contribution >= 4 is 100 Å². The van der Waals surface area contributed by atoms with E-state index in [0.717, 1.165) is 6.42 Å². The number of hydrogen-bond donors (Lipinski definition) is 0.